The fourth-order valence-corrected chi connectivity index (χ4v) is 5.58. The van der Waals surface area contributed by atoms with Crippen LogP contribution in [0.15, 0.2) is 51.9 Å². The van der Waals surface area contributed by atoms with Crippen LogP contribution in [0.4, 0.5) is 0 Å². The van der Waals surface area contributed by atoms with Crippen LogP contribution >= 0.6 is 27.7 Å². The molecule has 4 rings (SSSR count). The van der Waals surface area contributed by atoms with Crippen molar-refractivity contribution in [3.8, 4) is 11.5 Å². The number of nitrogens with zero attached hydrogens (tertiary/aromatic N) is 1. The van der Waals surface area contributed by atoms with E-state index in [1.165, 1.54) is 0 Å². The van der Waals surface area contributed by atoms with Gasteiger partial charge in [0.15, 0.2) is 5.17 Å². The van der Waals surface area contributed by atoms with E-state index in [1.807, 2.05) is 38.1 Å². The molecule has 2 aliphatic heterocycles. The standard InChI is InChI=1S/C24H28BrN3O3S/c1-3-30-18-6-4-5-16(11-18)22(29)27-15(2)7-9-19-13-24(14-32-23(26)28-24)20-12-17(25)8-10-21(20)31-19/h4-6,8,10-12,15,19H,3,7,9,13-14H2,1-2H3,(H2,26,28)(H,27,29)/t15-,19-,24?/m0/s1. The molecule has 0 saturated carbocycles. The minimum absolute atomic E-state index is 0.00985. The number of amides is 1. The van der Waals surface area contributed by atoms with E-state index in [0.29, 0.717) is 23.1 Å². The van der Waals surface area contributed by atoms with Crippen molar-refractivity contribution in [3.63, 3.8) is 0 Å². The van der Waals surface area contributed by atoms with E-state index in [1.54, 1.807) is 23.9 Å². The first-order valence-electron chi connectivity index (χ1n) is 10.9. The van der Waals surface area contributed by atoms with E-state index in [9.17, 15) is 4.79 Å². The minimum atomic E-state index is -0.344. The second-order valence-electron chi connectivity index (χ2n) is 8.27. The fraction of sp³-hybridized carbons (Fsp3) is 0.417. The van der Waals surface area contributed by atoms with Crippen LogP contribution in [-0.4, -0.2) is 35.6 Å². The number of amidine groups is 1. The zero-order valence-electron chi connectivity index (χ0n) is 18.3. The van der Waals surface area contributed by atoms with E-state index in [-0.39, 0.29) is 23.6 Å². The Hall–Kier alpha value is -2.19. The van der Waals surface area contributed by atoms with Crippen LogP contribution < -0.4 is 20.5 Å². The lowest BCUT2D eigenvalue weighted by Gasteiger charge is -2.38. The summed E-state index contributed by atoms with van der Waals surface area (Å²) in [5.41, 5.74) is 7.39. The van der Waals surface area contributed by atoms with Gasteiger partial charge in [-0.05, 0) is 63.1 Å². The van der Waals surface area contributed by atoms with Crippen molar-refractivity contribution in [3.05, 3.63) is 58.1 Å². The number of aliphatic imine (C=N–C) groups is 1. The number of carbonyl (C=O) groups is 1. The Kier molecular flexibility index (Phi) is 7.00. The number of ether oxygens (including phenoxy) is 2. The van der Waals surface area contributed by atoms with Gasteiger partial charge in [-0.2, -0.15) is 0 Å². The first-order chi connectivity index (χ1) is 15.4. The summed E-state index contributed by atoms with van der Waals surface area (Å²) >= 11 is 5.16. The van der Waals surface area contributed by atoms with Gasteiger partial charge in [-0.25, -0.2) is 0 Å². The number of benzene rings is 2. The highest BCUT2D eigenvalue weighted by molar-refractivity contribution is 9.10. The van der Waals surface area contributed by atoms with E-state index in [0.717, 1.165) is 40.8 Å². The molecule has 6 nitrogen and oxygen atoms in total. The average Bonchev–Trinajstić information content (AvgIpc) is 3.14. The predicted molar refractivity (Wildman–Crippen MR) is 133 cm³/mol. The van der Waals surface area contributed by atoms with Gasteiger partial charge in [0.2, 0.25) is 0 Å². The number of nitrogens with two attached hydrogens (primary N) is 1. The molecule has 3 N–H and O–H groups in total. The van der Waals surface area contributed by atoms with Crippen LogP contribution in [-0.2, 0) is 5.54 Å². The van der Waals surface area contributed by atoms with Gasteiger partial charge >= 0.3 is 0 Å². The smallest absolute Gasteiger partial charge is 0.251 e. The molecular weight excluding hydrogens is 490 g/mol. The maximum atomic E-state index is 12.7. The second-order valence-corrected chi connectivity index (χ2v) is 10.2. The Morgan fingerprint density at radius 1 is 1.41 bits per heavy atom. The zero-order chi connectivity index (χ0) is 22.7. The summed E-state index contributed by atoms with van der Waals surface area (Å²) in [4.78, 5) is 17.5. The van der Waals surface area contributed by atoms with Gasteiger partial charge in [0.05, 0.1) is 6.61 Å². The van der Waals surface area contributed by atoms with Crippen molar-refractivity contribution in [1.29, 1.82) is 0 Å². The molecule has 8 heteroatoms. The quantitative estimate of drug-likeness (QED) is 0.547. The number of hydrogen-bond donors (Lipinski definition) is 2. The molecule has 0 radical (unpaired) electrons. The largest absolute Gasteiger partial charge is 0.494 e. The third kappa shape index (κ3) is 5.07. The van der Waals surface area contributed by atoms with Gasteiger partial charge < -0.3 is 20.5 Å². The summed E-state index contributed by atoms with van der Waals surface area (Å²) in [6, 6.07) is 13.3. The maximum Gasteiger partial charge on any atom is 0.251 e. The van der Waals surface area contributed by atoms with Gasteiger partial charge in [0.25, 0.3) is 5.91 Å². The van der Waals surface area contributed by atoms with E-state index >= 15 is 0 Å². The molecule has 0 aromatic heterocycles. The Morgan fingerprint density at radius 3 is 3.00 bits per heavy atom. The molecule has 1 unspecified atom stereocenters. The van der Waals surface area contributed by atoms with Crippen molar-refractivity contribution in [2.45, 2.75) is 50.8 Å². The number of carbonyl (C=O) groups excluding carboxylic acids is 1. The van der Waals surface area contributed by atoms with Crippen LogP contribution in [0.25, 0.3) is 0 Å². The summed E-state index contributed by atoms with van der Waals surface area (Å²) in [6.07, 6.45) is 2.41. The monoisotopic (exact) mass is 517 g/mol. The molecule has 0 saturated heterocycles. The zero-order valence-corrected chi connectivity index (χ0v) is 20.7. The van der Waals surface area contributed by atoms with Crippen LogP contribution in [0, 0.1) is 0 Å². The summed E-state index contributed by atoms with van der Waals surface area (Å²) in [5.74, 6) is 2.30. The van der Waals surface area contributed by atoms with Crippen molar-refractivity contribution in [1.82, 2.24) is 5.32 Å². The SMILES string of the molecule is CCOc1cccc(C(=O)N[C@@H](C)CC[C@H]2CC3(CSC(N)=N3)c3cc(Br)ccc3O2)c1. The molecule has 1 spiro atoms. The molecule has 2 aliphatic rings. The van der Waals surface area contributed by atoms with Crippen LogP contribution in [0.3, 0.4) is 0 Å². The lowest BCUT2D eigenvalue weighted by Crippen LogP contribution is -2.39. The highest BCUT2D eigenvalue weighted by Crippen LogP contribution is 2.48. The van der Waals surface area contributed by atoms with Crippen molar-refractivity contribution >= 4 is 38.8 Å². The molecule has 32 heavy (non-hydrogen) atoms. The average molecular weight is 518 g/mol. The molecule has 2 aromatic rings. The van der Waals surface area contributed by atoms with E-state index in [4.69, 9.17) is 20.2 Å². The summed E-state index contributed by atoms with van der Waals surface area (Å²) in [6.45, 7) is 4.52. The molecule has 170 valence electrons. The molecule has 0 fully saturated rings. The third-order valence-electron chi connectivity index (χ3n) is 5.79. The van der Waals surface area contributed by atoms with Crippen molar-refractivity contribution in [2.24, 2.45) is 10.7 Å². The van der Waals surface area contributed by atoms with Gasteiger partial charge in [0.1, 0.15) is 23.1 Å². The molecule has 1 amide bonds. The topological polar surface area (TPSA) is 85.9 Å². The Balaban J connectivity index is 1.39. The van der Waals surface area contributed by atoms with Crippen molar-refractivity contribution < 1.29 is 14.3 Å². The summed E-state index contributed by atoms with van der Waals surface area (Å²) in [7, 11) is 0. The number of hydrogen-bond acceptors (Lipinski definition) is 6. The first kappa shape index (κ1) is 23.0. The Labute approximate surface area is 201 Å². The van der Waals surface area contributed by atoms with Crippen LogP contribution in [0.2, 0.25) is 0 Å². The van der Waals surface area contributed by atoms with E-state index in [2.05, 4.69) is 27.3 Å². The highest BCUT2D eigenvalue weighted by Gasteiger charge is 2.45. The third-order valence-corrected chi connectivity index (χ3v) is 7.29. The number of thioether (sulfide) groups is 1. The summed E-state index contributed by atoms with van der Waals surface area (Å²) < 4.78 is 12.8. The van der Waals surface area contributed by atoms with Gasteiger partial charge in [-0.1, -0.05) is 33.8 Å². The Bertz CT molecular complexity index is 1030. The number of halogens is 1. The minimum Gasteiger partial charge on any atom is -0.494 e. The molecular formula is C24H28BrN3O3S. The Morgan fingerprint density at radius 2 is 2.25 bits per heavy atom. The van der Waals surface area contributed by atoms with E-state index < -0.39 is 0 Å². The highest BCUT2D eigenvalue weighted by atomic mass is 79.9. The fourth-order valence-electron chi connectivity index (χ4n) is 4.26. The second kappa shape index (κ2) is 9.75. The molecule has 2 heterocycles. The number of nitrogens with one attached hydrogen (secondary N) is 1. The normalized spacial score (nSPS) is 22.6. The van der Waals surface area contributed by atoms with Crippen LogP contribution in [0.1, 0.15) is 49.0 Å². The van der Waals surface area contributed by atoms with Gasteiger partial charge in [-0.15, -0.1) is 0 Å². The predicted octanol–water partition coefficient (Wildman–Crippen LogP) is 4.85. The maximum absolute atomic E-state index is 12.7. The van der Waals surface area contributed by atoms with Crippen LogP contribution in [0.5, 0.6) is 11.5 Å². The van der Waals surface area contributed by atoms with Crippen molar-refractivity contribution in [2.75, 3.05) is 12.4 Å². The lowest BCUT2D eigenvalue weighted by molar-refractivity contribution is 0.0921. The first-order valence-corrected chi connectivity index (χ1v) is 12.6. The number of rotatable bonds is 7. The molecule has 0 bridgehead atoms. The summed E-state index contributed by atoms with van der Waals surface area (Å²) in [5, 5.41) is 3.72. The molecule has 0 aliphatic carbocycles. The van der Waals surface area contributed by atoms with Gasteiger partial charge in [0, 0.05) is 33.8 Å². The lowest BCUT2D eigenvalue weighted by atomic mass is 9.82. The molecule has 2 aromatic carbocycles. The number of fused-ring (bicyclic) bond motifs is 2. The van der Waals surface area contributed by atoms with Gasteiger partial charge in [-0.3, -0.25) is 9.79 Å². The molecule has 3 atom stereocenters.